The largest absolute Gasteiger partial charge is 0.320 e. The first-order valence-corrected chi connectivity index (χ1v) is 5.25. The van der Waals surface area contributed by atoms with Gasteiger partial charge in [-0.05, 0) is 12.1 Å². The molecule has 0 saturated heterocycles. The molecule has 1 aromatic rings. The predicted octanol–water partition coefficient (Wildman–Crippen LogP) is 1.80. The summed E-state index contributed by atoms with van der Waals surface area (Å²) in [5, 5.41) is 21.7. The third-order valence-electron chi connectivity index (χ3n) is 1.72. The quantitative estimate of drug-likeness (QED) is 0.520. The van der Waals surface area contributed by atoms with Crippen molar-refractivity contribution in [1.29, 1.82) is 5.26 Å². The summed E-state index contributed by atoms with van der Waals surface area (Å²) in [7, 11) is 0. The number of carbonyl (C=O) groups excluding carboxylic acids is 1. The summed E-state index contributed by atoms with van der Waals surface area (Å²) in [6, 6.07) is 5.64. The first-order valence-electron chi connectivity index (χ1n) is 4.13. The third kappa shape index (κ3) is 2.77. The van der Waals surface area contributed by atoms with E-state index >= 15 is 0 Å². The van der Waals surface area contributed by atoms with Gasteiger partial charge in [-0.3, -0.25) is 14.9 Å². The van der Waals surface area contributed by atoms with Crippen LogP contribution in [-0.2, 0) is 4.79 Å². The van der Waals surface area contributed by atoms with E-state index in [0.29, 0.717) is 0 Å². The molecule has 0 aliphatic rings. The first-order chi connectivity index (χ1) is 7.58. The maximum absolute atomic E-state index is 11.1. The molecular formula is C9H6BrN3O3. The summed E-state index contributed by atoms with van der Waals surface area (Å²) in [6.45, 7) is 0. The van der Waals surface area contributed by atoms with Crippen LogP contribution in [0.4, 0.5) is 11.4 Å². The number of nitriles is 1. The fourth-order valence-electron chi connectivity index (χ4n) is 1.04. The van der Waals surface area contributed by atoms with Gasteiger partial charge in [0.15, 0.2) is 0 Å². The molecule has 6 nitrogen and oxygen atoms in total. The van der Waals surface area contributed by atoms with Crippen molar-refractivity contribution in [3.8, 4) is 6.07 Å². The minimum Gasteiger partial charge on any atom is -0.320 e. The van der Waals surface area contributed by atoms with Gasteiger partial charge in [-0.1, -0.05) is 15.9 Å². The van der Waals surface area contributed by atoms with E-state index in [1.54, 1.807) is 6.07 Å². The lowest BCUT2D eigenvalue weighted by Crippen LogP contribution is -2.13. The summed E-state index contributed by atoms with van der Waals surface area (Å²) < 4.78 is 0. The molecule has 0 aromatic heterocycles. The molecule has 1 aromatic carbocycles. The molecule has 0 fully saturated rings. The monoisotopic (exact) mass is 283 g/mol. The molecule has 0 spiro atoms. The van der Waals surface area contributed by atoms with E-state index in [-0.39, 0.29) is 22.3 Å². The van der Waals surface area contributed by atoms with Gasteiger partial charge in [-0.2, -0.15) is 5.26 Å². The lowest BCUT2D eigenvalue weighted by Gasteiger charge is -2.03. The number of nitrogens with one attached hydrogen (secondary N) is 1. The van der Waals surface area contributed by atoms with Crippen LogP contribution in [0.3, 0.4) is 0 Å². The number of nitrogens with zero attached hydrogens (tertiary/aromatic N) is 2. The summed E-state index contributed by atoms with van der Waals surface area (Å²) in [5.41, 5.74) is -0.0506. The molecule has 1 N–H and O–H groups in total. The normalized spacial score (nSPS) is 9.25. The number of rotatable bonds is 3. The van der Waals surface area contributed by atoms with Gasteiger partial charge >= 0.3 is 0 Å². The fraction of sp³-hybridized carbons (Fsp3) is 0.111. The van der Waals surface area contributed by atoms with Gasteiger partial charge in [0, 0.05) is 6.07 Å². The van der Waals surface area contributed by atoms with Crippen LogP contribution in [0.2, 0.25) is 0 Å². The Morgan fingerprint density at radius 1 is 1.62 bits per heavy atom. The molecule has 0 unspecified atom stereocenters. The number of hydrogen-bond donors (Lipinski definition) is 1. The molecule has 0 saturated carbocycles. The Labute approximate surface area is 99.2 Å². The van der Waals surface area contributed by atoms with Crippen molar-refractivity contribution in [2.75, 3.05) is 10.6 Å². The third-order valence-corrected chi connectivity index (χ3v) is 2.23. The molecule has 1 amide bonds. The Balaban J connectivity index is 3.14. The van der Waals surface area contributed by atoms with E-state index in [1.807, 2.05) is 0 Å². The van der Waals surface area contributed by atoms with Gasteiger partial charge in [-0.15, -0.1) is 0 Å². The van der Waals surface area contributed by atoms with Crippen LogP contribution in [0.5, 0.6) is 0 Å². The second-order valence-corrected chi connectivity index (χ2v) is 3.34. The topological polar surface area (TPSA) is 96.0 Å². The predicted molar refractivity (Wildman–Crippen MR) is 60.2 cm³/mol. The van der Waals surface area contributed by atoms with E-state index in [2.05, 4.69) is 21.2 Å². The van der Waals surface area contributed by atoms with Crippen molar-refractivity contribution >= 4 is 33.2 Å². The Bertz CT molecular complexity index is 481. The van der Waals surface area contributed by atoms with Gasteiger partial charge in [-0.25, -0.2) is 0 Å². The molecule has 0 aliphatic heterocycles. The van der Waals surface area contributed by atoms with Crippen molar-refractivity contribution in [3.63, 3.8) is 0 Å². The van der Waals surface area contributed by atoms with Crippen LogP contribution < -0.4 is 5.32 Å². The number of benzene rings is 1. The van der Waals surface area contributed by atoms with Crippen LogP contribution in [0.25, 0.3) is 0 Å². The van der Waals surface area contributed by atoms with Crippen molar-refractivity contribution in [2.45, 2.75) is 0 Å². The summed E-state index contributed by atoms with van der Waals surface area (Å²) in [6.07, 6.45) is 0. The van der Waals surface area contributed by atoms with E-state index in [4.69, 9.17) is 5.26 Å². The van der Waals surface area contributed by atoms with Crippen LogP contribution in [0.15, 0.2) is 18.2 Å². The number of alkyl halides is 1. The standard InChI is InChI=1S/C9H6BrN3O3/c10-4-9(14)12-7-2-1-6(5-11)3-8(7)13(15)16/h1-3H,4H2,(H,12,14). The van der Waals surface area contributed by atoms with Gasteiger partial charge in [0.2, 0.25) is 5.91 Å². The molecule has 16 heavy (non-hydrogen) atoms. The highest BCUT2D eigenvalue weighted by Crippen LogP contribution is 2.25. The zero-order chi connectivity index (χ0) is 12.1. The Morgan fingerprint density at radius 2 is 2.31 bits per heavy atom. The Hall–Kier alpha value is -1.94. The van der Waals surface area contributed by atoms with Crippen molar-refractivity contribution < 1.29 is 9.72 Å². The Kier molecular flexibility index (Phi) is 3.96. The van der Waals surface area contributed by atoms with E-state index < -0.39 is 10.8 Å². The molecule has 82 valence electrons. The van der Waals surface area contributed by atoms with Crippen LogP contribution in [0, 0.1) is 21.4 Å². The van der Waals surface area contributed by atoms with Crippen molar-refractivity contribution in [2.24, 2.45) is 0 Å². The fourth-order valence-corrected chi connectivity index (χ4v) is 1.18. The Morgan fingerprint density at radius 3 is 2.81 bits per heavy atom. The zero-order valence-electron chi connectivity index (χ0n) is 7.94. The lowest BCUT2D eigenvalue weighted by atomic mass is 10.2. The maximum Gasteiger partial charge on any atom is 0.294 e. The second kappa shape index (κ2) is 5.23. The molecule has 0 aliphatic carbocycles. The average molecular weight is 284 g/mol. The molecule has 7 heteroatoms. The first kappa shape index (κ1) is 12.1. The minimum atomic E-state index is -0.648. The van der Waals surface area contributed by atoms with Gasteiger partial charge < -0.3 is 5.32 Å². The van der Waals surface area contributed by atoms with Gasteiger partial charge in [0.1, 0.15) is 5.69 Å². The van der Waals surface area contributed by atoms with E-state index in [0.717, 1.165) is 6.07 Å². The van der Waals surface area contributed by atoms with Gasteiger partial charge in [0.25, 0.3) is 5.69 Å². The van der Waals surface area contributed by atoms with E-state index in [9.17, 15) is 14.9 Å². The van der Waals surface area contributed by atoms with Crippen LogP contribution >= 0.6 is 15.9 Å². The number of hydrogen-bond acceptors (Lipinski definition) is 4. The van der Waals surface area contributed by atoms with Crippen molar-refractivity contribution in [1.82, 2.24) is 0 Å². The highest BCUT2D eigenvalue weighted by Gasteiger charge is 2.16. The SMILES string of the molecule is N#Cc1ccc(NC(=O)CBr)c([N+](=O)[O-])c1. The van der Waals surface area contributed by atoms with Gasteiger partial charge in [0.05, 0.1) is 21.9 Å². The molecule has 1 rings (SSSR count). The zero-order valence-corrected chi connectivity index (χ0v) is 9.52. The minimum absolute atomic E-state index is 0.0458. The van der Waals surface area contributed by atoms with Crippen LogP contribution in [0.1, 0.15) is 5.56 Å². The van der Waals surface area contributed by atoms with Crippen LogP contribution in [-0.4, -0.2) is 16.2 Å². The van der Waals surface area contributed by atoms with Crippen molar-refractivity contribution in [3.05, 3.63) is 33.9 Å². The number of carbonyl (C=O) groups is 1. The lowest BCUT2D eigenvalue weighted by molar-refractivity contribution is -0.383. The van der Waals surface area contributed by atoms with E-state index in [1.165, 1.54) is 12.1 Å². The second-order valence-electron chi connectivity index (χ2n) is 2.78. The highest BCUT2D eigenvalue weighted by molar-refractivity contribution is 9.09. The number of nitro groups is 1. The molecule has 0 radical (unpaired) electrons. The molecule has 0 heterocycles. The molecular weight excluding hydrogens is 278 g/mol. The number of amides is 1. The number of anilines is 1. The molecule has 0 atom stereocenters. The summed E-state index contributed by atoms with van der Waals surface area (Å²) in [5.74, 6) is -0.396. The summed E-state index contributed by atoms with van der Waals surface area (Å²) in [4.78, 5) is 21.1. The summed E-state index contributed by atoms with van der Waals surface area (Å²) >= 11 is 2.93. The highest BCUT2D eigenvalue weighted by atomic mass is 79.9. The number of nitro benzene ring substituents is 1. The number of halogens is 1. The average Bonchev–Trinajstić information content (AvgIpc) is 2.29. The maximum atomic E-state index is 11.1. The smallest absolute Gasteiger partial charge is 0.294 e. The molecule has 0 bridgehead atoms.